The summed E-state index contributed by atoms with van der Waals surface area (Å²) in [6.07, 6.45) is -0.517. The highest BCUT2D eigenvalue weighted by atomic mass is 35.5. The predicted molar refractivity (Wildman–Crippen MR) is 45.1 cm³/mol. The Kier molecular flexibility index (Phi) is 1.66. The third-order valence-electron chi connectivity index (χ3n) is 1.61. The Bertz CT molecular complexity index is 327. The second kappa shape index (κ2) is 2.68. The minimum Gasteiger partial charge on any atom is -0.425 e. The topological polar surface area (TPSA) is 38.3 Å². The fraction of sp³-hybridized carbons (Fsp3) is 0.125. The zero-order chi connectivity index (χ0) is 8.55. The number of carbonyl (C=O) groups excluding carboxylic acids is 1. The van der Waals surface area contributed by atoms with Gasteiger partial charge in [-0.2, -0.15) is 0 Å². The van der Waals surface area contributed by atoms with Crippen LogP contribution in [0.2, 0.25) is 0 Å². The molecule has 1 aromatic carbocycles. The summed E-state index contributed by atoms with van der Waals surface area (Å²) < 4.78 is 4.78. The van der Waals surface area contributed by atoms with E-state index >= 15 is 0 Å². The molecular weight excluding hydrogens is 178 g/mol. The van der Waals surface area contributed by atoms with E-state index in [1.165, 1.54) is 0 Å². The summed E-state index contributed by atoms with van der Waals surface area (Å²) in [5, 5.41) is 2.53. The van der Waals surface area contributed by atoms with Gasteiger partial charge in [-0.15, -0.1) is 0 Å². The largest absolute Gasteiger partial charge is 0.425 e. The zero-order valence-electron chi connectivity index (χ0n) is 6.08. The number of halogens is 1. The summed E-state index contributed by atoms with van der Waals surface area (Å²) in [7, 11) is 0. The molecule has 3 nitrogen and oxygen atoms in total. The van der Waals surface area contributed by atoms with E-state index < -0.39 is 11.7 Å². The number of anilines is 1. The maximum absolute atomic E-state index is 10.9. The molecule has 12 heavy (non-hydrogen) atoms. The van der Waals surface area contributed by atoms with Crippen molar-refractivity contribution in [2.24, 2.45) is 0 Å². The quantitative estimate of drug-likeness (QED) is 0.628. The fourth-order valence-corrected chi connectivity index (χ4v) is 1.28. The standard InChI is InChI=1S/C8H6ClNO2/c9-7-5-2-1-3-6(4-5)10-8(11)12-7/h1-4,7H,(H,10,11). The molecule has 4 heteroatoms. The maximum atomic E-state index is 10.9. The van der Waals surface area contributed by atoms with Crippen LogP contribution >= 0.6 is 11.6 Å². The van der Waals surface area contributed by atoms with Crippen molar-refractivity contribution in [2.75, 3.05) is 5.32 Å². The van der Waals surface area contributed by atoms with E-state index in [4.69, 9.17) is 16.3 Å². The summed E-state index contributed by atoms with van der Waals surface area (Å²) in [6, 6.07) is 7.18. The predicted octanol–water partition coefficient (Wildman–Crippen LogP) is 2.49. The van der Waals surface area contributed by atoms with Crippen molar-refractivity contribution in [1.29, 1.82) is 0 Å². The molecule has 0 aliphatic carbocycles. The summed E-state index contributed by atoms with van der Waals surface area (Å²) in [6.45, 7) is 0. The van der Waals surface area contributed by atoms with Crippen LogP contribution < -0.4 is 5.32 Å². The summed E-state index contributed by atoms with van der Waals surface area (Å²) in [5.41, 5.74) is 0.806. The van der Waals surface area contributed by atoms with E-state index in [9.17, 15) is 4.79 Å². The molecule has 2 bridgehead atoms. The lowest BCUT2D eigenvalue weighted by atomic mass is 10.2. The Morgan fingerprint density at radius 3 is 3.17 bits per heavy atom. The number of carbonyl (C=O) groups is 1. The van der Waals surface area contributed by atoms with Gasteiger partial charge in [-0.3, -0.25) is 5.32 Å². The monoisotopic (exact) mass is 183 g/mol. The van der Waals surface area contributed by atoms with Gasteiger partial charge in [0.2, 0.25) is 5.56 Å². The molecule has 1 unspecified atom stereocenters. The van der Waals surface area contributed by atoms with Crippen molar-refractivity contribution in [1.82, 2.24) is 0 Å². The molecule has 62 valence electrons. The maximum Gasteiger partial charge on any atom is 0.413 e. The molecule has 1 N–H and O–H groups in total. The normalized spacial score (nSPS) is 20.8. The van der Waals surface area contributed by atoms with Gasteiger partial charge in [0.15, 0.2) is 0 Å². The molecule has 2 rings (SSSR count). The third-order valence-corrected chi connectivity index (χ3v) is 1.95. The van der Waals surface area contributed by atoms with Gasteiger partial charge in [-0.25, -0.2) is 4.79 Å². The van der Waals surface area contributed by atoms with Gasteiger partial charge < -0.3 is 4.74 Å². The van der Waals surface area contributed by atoms with Crippen LogP contribution in [0, 0.1) is 0 Å². The van der Waals surface area contributed by atoms with Crippen molar-refractivity contribution in [3.05, 3.63) is 29.8 Å². The Morgan fingerprint density at radius 1 is 1.50 bits per heavy atom. The third kappa shape index (κ3) is 1.23. The van der Waals surface area contributed by atoms with Crippen molar-refractivity contribution in [3.63, 3.8) is 0 Å². The molecule has 1 heterocycles. The van der Waals surface area contributed by atoms with E-state index in [2.05, 4.69) is 5.32 Å². The molecular formula is C8H6ClNO2. The van der Waals surface area contributed by atoms with Gasteiger partial charge in [0.1, 0.15) is 0 Å². The zero-order valence-corrected chi connectivity index (χ0v) is 6.84. The SMILES string of the molecule is O=C1Nc2cccc(c2)C(Cl)O1. The number of hydrogen-bond donors (Lipinski definition) is 1. The number of rotatable bonds is 0. The fourth-order valence-electron chi connectivity index (χ4n) is 1.07. The number of amides is 1. The van der Waals surface area contributed by atoms with Gasteiger partial charge in [-0.1, -0.05) is 23.7 Å². The van der Waals surface area contributed by atoms with Crippen LogP contribution in [0.25, 0.3) is 0 Å². The van der Waals surface area contributed by atoms with E-state index in [0.29, 0.717) is 5.69 Å². The number of cyclic esters (lactones) is 1. The molecule has 0 saturated heterocycles. The van der Waals surface area contributed by atoms with Gasteiger partial charge in [-0.05, 0) is 12.1 Å². The van der Waals surface area contributed by atoms with Crippen molar-refractivity contribution < 1.29 is 9.53 Å². The highest BCUT2D eigenvalue weighted by Crippen LogP contribution is 2.27. The number of hydrogen-bond acceptors (Lipinski definition) is 2. The van der Waals surface area contributed by atoms with Crippen LogP contribution in [0.3, 0.4) is 0 Å². The molecule has 1 amide bonds. The van der Waals surface area contributed by atoms with E-state index in [-0.39, 0.29) is 0 Å². The first kappa shape index (κ1) is 7.43. The molecule has 0 fully saturated rings. The van der Waals surface area contributed by atoms with Crippen LogP contribution in [0.5, 0.6) is 0 Å². The molecule has 1 aliphatic rings. The first-order valence-corrected chi connectivity index (χ1v) is 3.91. The highest BCUT2D eigenvalue weighted by molar-refractivity contribution is 6.20. The lowest BCUT2D eigenvalue weighted by Crippen LogP contribution is -2.11. The van der Waals surface area contributed by atoms with Crippen molar-refractivity contribution >= 4 is 23.4 Å². The first-order valence-electron chi connectivity index (χ1n) is 3.47. The number of benzene rings is 1. The van der Waals surface area contributed by atoms with Crippen molar-refractivity contribution in [2.45, 2.75) is 5.56 Å². The average molecular weight is 184 g/mol. The minimum absolute atomic E-state index is 0.517. The van der Waals surface area contributed by atoms with Gasteiger partial charge in [0, 0.05) is 11.3 Å². The van der Waals surface area contributed by atoms with Crippen LogP contribution in [-0.2, 0) is 4.74 Å². The Balaban J connectivity index is 2.46. The van der Waals surface area contributed by atoms with Crippen LogP contribution in [0.15, 0.2) is 24.3 Å². The molecule has 1 atom stereocenters. The molecule has 1 aromatic rings. The number of ether oxygens (including phenoxy) is 1. The molecule has 0 aromatic heterocycles. The summed E-state index contributed by atoms with van der Waals surface area (Å²) in [4.78, 5) is 10.9. The summed E-state index contributed by atoms with van der Waals surface area (Å²) >= 11 is 5.75. The summed E-state index contributed by atoms with van der Waals surface area (Å²) in [5.74, 6) is 0. The van der Waals surface area contributed by atoms with Gasteiger partial charge in [0.05, 0.1) is 0 Å². The molecule has 1 aliphatic heterocycles. The van der Waals surface area contributed by atoms with Crippen LogP contribution in [-0.4, -0.2) is 6.09 Å². The number of alkyl halides is 1. The van der Waals surface area contributed by atoms with Crippen LogP contribution in [0.4, 0.5) is 10.5 Å². The highest BCUT2D eigenvalue weighted by Gasteiger charge is 2.17. The lowest BCUT2D eigenvalue weighted by molar-refractivity contribution is 0.149. The molecule has 0 saturated carbocycles. The van der Waals surface area contributed by atoms with Crippen LogP contribution in [0.1, 0.15) is 11.1 Å². The van der Waals surface area contributed by atoms with E-state index in [0.717, 1.165) is 5.56 Å². The van der Waals surface area contributed by atoms with Gasteiger partial charge >= 0.3 is 6.09 Å². The lowest BCUT2D eigenvalue weighted by Gasteiger charge is -2.05. The minimum atomic E-state index is -0.688. The van der Waals surface area contributed by atoms with Crippen molar-refractivity contribution in [3.8, 4) is 0 Å². The second-order valence-corrected chi connectivity index (χ2v) is 2.87. The average Bonchev–Trinajstić information content (AvgIpc) is 2.11. The Hall–Kier alpha value is -1.22. The molecule has 0 spiro atoms. The smallest absolute Gasteiger partial charge is 0.413 e. The second-order valence-electron chi connectivity index (χ2n) is 2.47. The van der Waals surface area contributed by atoms with Gasteiger partial charge in [0.25, 0.3) is 0 Å². The van der Waals surface area contributed by atoms with E-state index in [1.807, 2.05) is 6.07 Å². The first-order chi connectivity index (χ1) is 5.75. The number of fused-ring (bicyclic) bond motifs is 2. The van der Waals surface area contributed by atoms with E-state index in [1.54, 1.807) is 18.2 Å². The number of nitrogens with one attached hydrogen (secondary N) is 1. The molecule has 0 radical (unpaired) electrons. The Morgan fingerprint density at radius 2 is 2.33 bits per heavy atom. The Labute approximate surface area is 74.3 Å².